The van der Waals surface area contributed by atoms with Crippen LogP contribution in [0.2, 0.25) is 0 Å². The zero-order valence-corrected chi connectivity index (χ0v) is 11.7. The summed E-state index contributed by atoms with van der Waals surface area (Å²) in [6.07, 6.45) is 0. The minimum absolute atomic E-state index is 0.264. The normalized spacial score (nSPS) is 11.5. The van der Waals surface area contributed by atoms with Crippen LogP contribution in [-0.4, -0.2) is 13.2 Å². The smallest absolute Gasteiger partial charge is 0.404 e. The van der Waals surface area contributed by atoms with Gasteiger partial charge >= 0.3 is 7.82 Å². The van der Waals surface area contributed by atoms with Gasteiger partial charge in [-0.25, -0.2) is 4.57 Å². The number of para-hydroxylation sites is 1. The molecule has 96 valence electrons. The van der Waals surface area contributed by atoms with Gasteiger partial charge in [-0.3, -0.25) is 9.05 Å². The Balaban J connectivity index is 2.89. The number of thiol groups is 1. The molecule has 0 aliphatic carbocycles. The first-order valence-corrected chi connectivity index (χ1v) is 7.52. The van der Waals surface area contributed by atoms with Gasteiger partial charge in [0.15, 0.2) is 0 Å². The van der Waals surface area contributed by atoms with Crippen molar-refractivity contribution in [1.82, 2.24) is 0 Å². The number of hydrogen-bond acceptors (Lipinski definition) is 5. The summed E-state index contributed by atoms with van der Waals surface area (Å²) in [5.74, 6) is 0.974. The Labute approximate surface area is 107 Å². The summed E-state index contributed by atoms with van der Waals surface area (Å²) < 4.78 is 27.6. The zero-order valence-electron chi connectivity index (χ0n) is 9.96. The molecule has 0 spiro atoms. The number of phosphoric acid groups is 1. The lowest BCUT2D eigenvalue weighted by Gasteiger charge is -2.18. The second-order valence-electron chi connectivity index (χ2n) is 3.14. The average Bonchev–Trinajstić information content (AvgIpc) is 2.30. The molecule has 4 nitrogen and oxygen atoms in total. The van der Waals surface area contributed by atoms with Crippen LogP contribution >= 0.6 is 20.5 Å². The molecule has 0 saturated carbocycles. The molecule has 0 aromatic heterocycles. The number of hydrogen-bond donors (Lipinski definition) is 1. The predicted octanol–water partition coefficient (Wildman–Crippen LogP) is 3.68. The Bertz CT molecular complexity index is 387. The van der Waals surface area contributed by atoms with Crippen molar-refractivity contribution in [3.05, 3.63) is 29.8 Å². The fourth-order valence-electron chi connectivity index (χ4n) is 1.25. The maximum atomic E-state index is 12.2. The van der Waals surface area contributed by atoms with Gasteiger partial charge in [-0.2, -0.15) is 12.6 Å². The molecule has 17 heavy (non-hydrogen) atoms. The van der Waals surface area contributed by atoms with Gasteiger partial charge in [-0.05, 0) is 19.9 Å². The van der Waals surface area contributed by atoms with Gasteiger partial charge < -0.3 is 4.52 Å². The minimum Gasteiger partial charge on any atom is -0.404 e. The molecule has 0 unspecified atom stereocenters. The molecule has 0 N–H and O–H groups in total. The van der Waals surface area contributed by atoms with Crippen molar-refractivity contribution in [3.63, 3.8) is 0 Å². The largest absolute Gasteiger partial charge is 0.530 e. The third kappa shape index (κ3) is 4.36. The Morgan fingerprint density at radius 3 is 2.29 bits per heavy atom. The van der Waals surface area contributed by atoms with Crippen molar-refractivity contribution >= 4 is 20.5 Å². The third-order valence-corrected chi connectivity index (χ3v) is 3.84. The number of rotatable bonds is 7. The van der Waals surface area contributed by atoms with E-state index in [0.717, 1.165) is 5.56 Å². The Kier molecular flexibility index (Phi) is 6.06. The molecule has 0 fully saturated rings. The van der Waals surface area contributed by atoms with Crippen LogP contribution in [0, 0.1) is 0 Å². The standard InChI is InChI=1S/C11H17O4PS/c1-3-13-16(12,14-4-2)15-11-8-6-5-7-10(11)9-17/h5-8,17H,3-4,9H2,1-2H3. The highest BCUT2D eigenvalue weighted by Crippen LogP contribution is 2.50. The Morgan fingerprint density at radius 1 is 1.18 bits per heavy atom. The van der Waals surface area contributed by atoms with E-state index in [1.165, 1.54) is 0 Å². The maximum absolute atomic E-state index is 12.2. The van der Waals surface area contributed by atoms with Crippen molar-refractivity contribution in [3.8, 4) is 5.75 Å². The lowest BCUT2D eigenvalue weighted by Crippen LogP contribution is -2.03. The van der Waals surface area contributed by atoms with Gasteiger partial charge in [0.1, 0.15) is 5.75 Å². The molecule has 1 rings (SSSR count). The number of phosphoric ester groups is 1. The monoisotopic (exact) mass is 276 g/mol. The van der Waals surface area contributed by atoms with E-state index in [0.29, 0.717) is 11.5 Å². The molecule has 0 aliphatic rings. The van der Waals surface area contributed by atoms with Gasteiger partial charge in [0.2, 0.25) is 0 Å². The fourth-order valence-corrected chi connectivity index (χ4v) is 2.74. The van der Waals surface area contributed by atoms with E-state index >= 15 is 0 Å². The van der Waals surface area contributed by atoms with Gasteiger partial charge in [0.05, 0.1) is 13.2 Å². The van der Waals surface area contributed by atoms with Crippen LogP contribution in [0.4, 0.5) is 0 Å². The summed E-state index contributed by atoms with van der Waals surface area (Å²) in [7, 11) is -3.52. The topological polar surface area (TPSA) is 44.8 Å². The SMILES string of the molecule is CCOP(=O)(OCC)Oc1ccccc1CS. The van der Waals surface area contributed by atoms with Crippen LogP contribution in [0.5, 0.6) is 5.75 Å². The van der Waals surface area contributed by atoms with Crippen LogP contribution in [0.25, 0.3) is 0 Å². The van der Waals surface area contributed by atoms with Crippen LogP contribution in [0.3, 0.4) is 0 Å². The van der Waals surface area contributed by atoms with E-state index in [-0.39, 0.29) is 13.2 Å². The molecule has 0 heterocycles. The van der Waals surface area contributed by atoms with Crippen molar-refractivity contribution in [1.29, 1.82) is 0 Å². The summed E-state index contributed by atoms with van der Waals surface area (Å²) in [4.78, 5) is 0. The van der Waals surface area contributed by atoms with Crippen LogP contribution < -0.4 is 4.52 Å². The van der Waals surface area contributed by atoms with Crippen molar-refractivity contribution in [2.24, 2.45) is 0 Å². The third-order valence-electron chi connectivity index (χ3n) is 1.93. The Morgan fingerprint density at radius 2 is 1.76 bits per heavy atom. The Hall–Kier alpha value is -0.480. The van der Waals surface area contributed by atoms with Crippen LogP contribution in [-0.2, 0) is 19.4 Å². The molecule has 0 amide bonds. The zero-order chi connectivity index (χ0) is 12.7. The molecule has 0 atom stereocenters. The lowest BCUT2D eigenvalue weighted by atomic mass is 10.2. The van der Waals surface area contributed by atoms with Crippen molar-refractivity contribution in [2.45, 2.75) is 19.6 Å². The predicted molar refractivity (Wildman–Crippen MR) is 70.6 cm³/mol. The molecule has 6 heteroatoms. The summed E-state index contributed by atoms with van der Waals surface area (Å²) in [5.41, 5.74) is 0.843. The van der Waals surface area contributed by atoms with Gasteiger partial charge in [0, 0.05) is 11.3 Å². The van der Waals surface area contributed by atoms with E-state index < -0.39 is 7.82 Å². The number of benzene rings is 1. The molecular weight excluding hydrogens is 259 g/mol. The second kappa shape index (κ2) is 7.07. The highest BCUT2D eigenvalue weighted by atomic mass is 32.1. The summed E-state index contributed by atoms with van der Waals surface area (Å²) in [6, 6.07) is 7.23. The second-order valence-corrected chi connectivity index (χ2v) is 5.05. The highest BCUT2D eigenvalue weighted by molar-refractivity contribution is 7.79. The summed E-state index contributed by atoms with van der Waals surface area (Å²) >= 11 is 4.18. The molecule has 1 aromatic carbocycles. The first kappa shape index (κ1) is 14.6. The molecule has 0 aliphatic heterocycles. The van der Waals surface area contributed by atoms with E-state index in [4.69, 9.17) is 13.6 Å². The van der Waals surface area contributed by atoms with Crippen molar-refractivity contribution < 1.29 is 18.1 Å². The van der Waals surface area contributed by atoms with Gasteiger partial charge in [-0.15, -0.1) is 0 Å². The first-order chi connectivity index (χ1) is 8.15. The lowest BCUT2D eigenvalue weighted by molar-refractivity contribution is 0.167. The van der Waals surface area contributed by atoms with E-state index in [2.05, 4.69) is 12.6 Å². The summed E-state index contributed by atoms with van der Waals surface area (Å²) in [5, 5.41) is 0. The summed E-state index contributed by atoms with van der Waals surface area (Å²) in [6.45, 7) is 4.00. The maximum Gasteiger partial charge on any atom is 0.530 e. The average molecular weight is 276 g/mol. The molecule has 0 saturated heterocycles. The van der Waals surface area contributed by atoms with Crippen molar-refractivity contribution in [2.75, 3.05) is 13.2 Å². The highest BCUT2D eigenvalue weighted by Gasteiger charge is 2.27. The quantitative estimate of drug-likeness (QED) is 0.609. The van der Waals surface area contributed by atoms with Crippen LogP contribution in [0.1, 0.15) is 19.4 Å². The van der Waals surface area contributed by atoms with E-state index in [1.807, 2.05) is 12.1 Å². The molecular formula is C11H17O4PS. The van der Waals surface area contributed by atoms with Gasteiger partial charge in [0.25, 0.3) is 0 Å². The molecule has 1 aromatic rings. The fraction of sp³-hybridized carbons (Fsp3) is 0.455. The molecule has 0 bridgehead atoms. The van der Waals surface area contributed by atoms with Crippen LogP contribution in [0.15, 0.2) is 24.3 Å². The first-order valence-electron chi connectivity index (χ1n) is 5.42. The molecule has 0 radical (unpaired) electrons. The van der Waals surface area contributed by atoms with E-state index in [1.54, 1.807) is 26.0 Å². The van der Waals surface area contributed by atoms with Gasteiger partial charge in [-0.1, -0.05) is 18.2 Å². The van der Waals surface area contributed by atoms with E-state index in [9.17, 15) is 4.57 Å². The minimum atomic E-state index is -3.52.